The van der Waals surface area contributed by atoms with Crippen molar-refractivity contribution in [3.8, 4) is 6.07 Å². The standard InChI is InChI=1S/C16H19N3O5/c1-9(18)12(6-17)13(20)8-24-14(21)7-19-15(22)10-4-2-3-5-11(10)16(19)23/h10-12,18H,2-5,7-8H2,1H3/t10-,11+,12?. The third kappa shape index (κ3) is 3.50. The predicted molar refractivity (Wildman–Crippen MR) is 80.6 cm³/mol. The molecule has 24 heavy (non-hydrogen) atoms. The van der Waals surface area contributed by atoms with Gasteiger partial charge in [0.1, 0.15) is 12.5 Å². The molecular formula is C16H19N3O5. The number of amides is 2. The van der Waals surface area contributed by atoms with E-state index in [-0.39, 0.29) is 29.4 Å². The molecule has 0 radical (unpaired) electrons. The van der Waals surface area contributed by atoms with Crippen LogP contribution in [0.1, 0.15) is 32.6 Å². The van der Waals surface area contributed by atoms with E-state index < -0.39 is 30.8 Å². The largest absolute Gasteiger partial charge is 0.456 e. The van der Waals surface area contributed by atoms with E-state index in [1.807, 2.05) is 0 Å². The Morgan fingerprint density at radius 2 is 1.83 bits per heavy atom. The number of hydrogen-bond acceptors (Lipinski definition) is 7. The van der Waals surface area contributed by atoms with Gasteiger partial charge in [-0.15, -0.1) is 0 Å². The Hall–Kier alpha value is -2.56. The number of carbonyl (C=O) groups excluding carboxylic acids is 4. The maximum atomic E-state index is 12.2. The molecule has 1 saturated heterocycles. The number of fused-ring (bicyclic) bond motifs is 1. The molecule has 2 rings (SSSR count). The molecule has 8 heteroatoms. The van der Waals surface area contributed by atoms with E-state index in [1.54, 1.807) is 6.07 Å². The van der Waals surface area contributed by atoms with Crippen molar-refractivity contribution in [3.05, 3.63) is 0 Å². The summed E-state index contributed by atoms with van der Waals surface area (Å²) in [6.07, 6.45) is 3.10. The average molecular weight is 333 g/mol. The van der Waals surface area contributed by atoms with Gasteiger partial charge in [0.2, 0.25) is 11.8 Å². The fraction of sp³-hybridized carbons (Fsp3) is 0.625. The van der Waals surface area contributed by atoms with Crippen LogP contribution in [0.25, 0.3) is 0 Å². The third-order valence-electron chi connectivity index (χ3n) is 4.48. The highest BCUT2D eigenvalue weighted by molar-refractivity contribution is 6.08. The minimum Gasteiger partial charge on any atom is -0.456 e. The number of imide groups is 1. The summed E-state index contributed by atoms with van der Waals surface area (Å²) >= 11 is 0. The van der Waals surface area contributed by atoms with Crippen LogP contribution < -0.4 is 0 Å². The van der Waals surface area contributed by atoms with Crippen LogP contribution in [-0.4, -0.2) is 47.3 Å². The summed E-state index contributed by atoms with van der Waals surface area (Å²) in [4.78, 5) is 48.9. The van der Waals surface area contributed by atoms with Gasteiger partial charge in [0, 0.05) is 5.71 Å². The zero-order chi connectivity index (χ0) is 17.9. The van der Waals surface area contributed by atoms with Gasteiger partial charge in [-0.3, -0.25) is 24.1 Å². The molecule has 0 spiro atoms. The average Bonchev–Trinajstić information content (AvgIpc) is 2.79. The predicted octanol–water partition coefficient (Wildman–Crippen LogP) is 0.453. The van der Waals surface area contributed by atoms with E-state index in [4.69, 9.17) is 15.4 Å². The number of nitrogens with one attached hydrogen (secondary N) is 1. The number of esters is 1. The number of rotatable bonds is 6. The van der Waals surface area contributed by atoms with Gasteiger partial charge in [-0.2, -0.15) is 5.26 Å². The second-order valence-corrected chi connectivity index (χ2v) is 6.13. The zero-order valence-electron chi connectivity index (χ0n) is 13.4. The Labute approximate surface area is 139 Å². The first-order chi connectivity index (χ1) is 11.4. The van der Waals surface area contributed by atoms with Gasteiger partial charge in [-0.05, 0) is 19.8 Å². The summed E-state index contributed by atoms with van der Waals surface area (Å²) in [5, 5.41) is 16.1. The molecule has 0 bridgehead atoms. The Morgan fingerprint density at radius 1 is 1.29 bits per heavy atom. The lowest BCUT2D eigenvalue weighted by Crippen LogP contribution is -2.37. The number of Topliss-reactive ketones (excluding diaryl/α,β-unsaturated/α-hetero) is 1. The van der Waals surface area contributed by atoms with E-state index in [0.29, 0.717) is 12.8 Å². The first kappa shape index (κ1) is 17.8. The van der Waals surface area contributed by atoms with Crippen molar-refractivity contribution in [1.82, 2.24) is 4.90 Å². The topological polar surface area (TPSA) is 128 Å². The van der Waals surface area contributed by atoms with E-state index in [2.05, 4.69) is 0 Å². The van der Waals surface area contributed by atoms with Gasteiger partial charge < -0.3 is 10.1 Å². The van der Waals surface area contributed by atoms with Crippen LogP contribution >= 0.6 is 0 Å². The highest BCUT2D eigenvalue weighted by Gasteiger charge is 2.48. The fourth-order valence-electron chi connectivity index (χ4n) is 3.21. The minimum atomic E-state index is -1.25. The molecule has 3 atom stereocenters. The summed E-state index contributed by atoms with van der Waals surface area (Å²) in [6.45, 7) is 0.145. The zero-order valence-corrected chi connectivity index (χ0v) is 13.4. The number of likely N-dealkylation sites (tertiary alicyclic amines) is 1. The summed E-state index contributed by atoms with van der Waals surface area (Å²) in [6, 6.07) is 1.66. The van der Waals surface area contributed by atoms with Crippen molar-refractivity contribution in [1.29, 1.82) is 10.7 Å². The maximum absolute atomic E-state index is 12.2. The number of ether oxygens (including phenoxy) is 1. The van der Waals surface area contributed by atoms with Crippen LogP contribution in [-0.2, 0) is 23.9 Å². The minimum absolute atomic E-state index is 0.132. The maximum Gasteiger partial charge on any atom is 0.326 e. The van der Waals surface area contributed by atoms with E-state index in [0.717, 1.165) is 17.7 Å². The molecule has 128 valence electrons. The number of ketones is 1. The van der Waals surface area contributed by atoms with Crippen LogP contribution in [0.15, 0.2) is 0 Å². The summed E-state index contributed by atoms with van der Waals surface area (Å²) in [5.74, 6) is -4.21. The fourth-order valence-corrected chi connectivity index (χ4v) is 3.21. The van der Waals surface area contributed by atoms with E-state index in [1.165, 1.54) is 6.92 Å². The first-order valence-corrected chi connectivity index (χ1v) is 7.85. The monoisotopic (exact) mass is 333 g/mol. The van der Waals surface area contributed by atoms with Crippen molar-refractivity contribution in [3.63, 3.8) is 0 Å². The van der Waals surface area contributed by atoms with Crippen LogP contribution in [0, 0.1) is 34.5 Å². The van der Waals surface area contributed by atoms with Crippen molar-refractivity contribution in [2.45, 2.75) is 32.6 Å². The van der Waals surface area contributed by atoms with Crippen LogP contribution in [0.4, 0.5) is 0 Å². The van der Waals surface area contributed by atoms with Crippen LogP contribution in [0.3, 0.4) is 0 Å². The Kier molecular flexibility index (Phi) is 5.44. The quantitative estimate of drug-likeness (QED) is 0.427. The molecule has 1 saturated carbocycles. The number of nitrogens with zero attached hydrogens (tertiary/aromatic N) is 2. The molecule has 1 heterocycles. The number of hydrogen-bond donors (Lipinski definition) is 1. The summed E-state index contributed by atoms with van der Waals surface area (Å²) < 4.78 is 4.77. The van der Waals surface area contributed by atoms with Crippen LogP contribution in [0.5, 0.6) is 0 Å². The molecule has 2 fully saturated rings. The SMILES string of the molecule is CC(=N)C(C#N)C(=O)COC(=O)CN1C(=O)[C@H]2CCCC[C@H]2C1=O. The van der Waals surface area contributed by atoms with Gasteiger partial charge in [0.25, 0.3) is 0 Å². The second kappa shape index (κ2) is 7.34. The van der Waals surface area contributed by atoms with Crippen molar-refractivity contribution >= 4 is 29.3 Å². The van der Waals surface area contributed by atoms with Crippen molar-refractivity contribution in [2.75, 3.05) is 13.2 Å². The van der Waals surface area contributed by atoms with E-state index >= 15 is 0 Å². The number of carbonyl (C=O) groups is 4. The van der Waals surface area contributed by atoms with Crippen molar-refractivity contribution < 1.29 is 23.9 Å². The van der Waals surface area contributed by atoms with Gasteiger partial charge in [0.15, 0.2) is 12.4 Å². The summed E-state index contributed by atoms with van der Waals surface area (Å²) in [7, 11) is 0. The highest BCUT2D eigenvalue weighted by atomic mass is 16.5. The molecule has 2 amide bonds. The number of nitriles is 1. The van der Waals surface area contributed by atoms with Crippen molar-refractivity contribution in [2.24, 2.45) is 17.8 Å². The second-order valence-electron chi connectivity index (χ2n) is 6.13. The molecule has 1 N–H and O–H groups in total. The van der Waals surface area contributed by atoms with Gasteiger partial charge in [-0.25, -0.2) is 0 Å². The lowest BCUT2D eigenvalue weighted by Gasteiger charge is -2.19. The molecule has 0 aromatic rings. The molecular weight excluding hydrogens is 314 g/mol. The first-order valence-electron chi connectivity index (χ1n) is 7.85. The molecule has 1 aliphatic heterocycles. The Morgan fingerprint density at radius 3 is 2.29 bits per heavy atom. The van der Waals surface area contributed by atoms with Crippen LogP contribution in [0.2, 0.25) is 0 Å². The van der Waals surface area contributed by atoms with E-state index in [9.17, 15) is 19.2 Å². The molecule has 2 aliphatic rings. The smallest absolute Gasteiger partial charge is 0.326 e. The van der Waals surface area contributed by atoms with Gasteiger partial charge in [0.05, 0.1) is 17.9 Å². The Balaban J connectivity index is 1.90. The van der Waals surface area contributed by atoms with Gasteiger partial charge >= 0.3 is 5.97 Å². The lowest BCUT2D eigenvalue weighted by molar-refractivity contribution is -0.154. The third-order valence-corrected chi connectivity index (χ3v) is 4.48. The molecule has 1 aliphatic carbocycles. The Bertz CT molecular complexity index is 612. The summed E-state index contributed by atoms with van der Waals surface area (Å²) in [5.41, 5.74) is -0.132. The van der Waals surface area contributed by atoms with Gasteiger partial charge in [-0.1, -0.05) is 12.8 Å². The lowest BCUT2D eigenvalue weighted by atomic mass is 9.81. The molecule has 8 nitrogen and oxygen atoms in total. The molecule has 0 aromatic heterocycles. The molecule has 0 aromatic carbocycles. The molecule has 1 unspecified atom stereocenters. The normalized spacial score (nSPS) is 24.1. The highest BCUT2D eigenvalue weighted by Crippen LogP contribution is 2.37.